The van der Waals surface area contributed by atoms with Crippen LogP contribution in [-0.4, -0.2) is 46.7 Å². The van der Waals surface area contributed by atoms with Crippen molar-refractivity contribution >= 4 is 17.6 Å². The van der Waals surface area contributed by atoms with Gasteiger partial charge in [-0.15, -0.1) is 0 Å². The van der Waals surface area contributed by atoms with E-state index < -0.39 is 6.17 Å². The Bertz CT molecular complexity index is 976. The number of ketones is 1. The fraction of sp³-hybridized carbons (Fsp3) is 0.160. The normalized spacial score (nSPS) is 14.0. The second-order valence-electron chi connectivity index (χ2n) is 7.20. The van der Waals surface area contributed by atoms with Crippen LogP contribution in [0.2, 0.25) is 0 Å². The fourth-order valence-electron chi connectivity index (χ4n) is 3.78. The van der Waals surface area contributed by atoms with Crippen molar-refractivity contribution in [2.45, 2.75) is 12.6 Å². The first-order valence-corrected chi connectivity index (χ1v) is 9.95. The van der Waals surface area contributed by atoms with Gasteiger partial charge in [0.15, 0.2) is 5.78 Å². The number of benzene rings is 3. The molecule has 0 unspecified atom stereocenters. The van der Waals surface area contributed by atoms with Crippen molar-refractivity contribution in [3.63, 3.8) is 0 Å². The summed E-state index contributed by atoms with van der Waals surface area (Å²) in [6.07, 6.45) is -0.570. The average Bonchev–Trinajstić information content (AvgIpc) is 3.23. The Morgan fingerprint density at radius 1 is 0.600 bits per heavy atom. The van der Waals surface area contributed by atoms with Crippen LogP contribution < -0.4 is 0 Å². The molecule has 0 aliphatic carbocycles. The van der Waals surface area contributed by atoms with Crippen LogP contribution in [0.5, 0.6) is 0 Å². The smallest absolute Gasteiger partial charge is 0.255 e. The number of amides is 2. The van der Waals surface area contributed by atoms with Crippen LogP contribution in [0.3, 0.4) is 0 Å². The van der Waals surface area contributed by atoms with Crippen LogP contribution in [0.15, 0.2) is 91.0 Å². The Morgan fingerprint density at radius 2 is 0.967 bits per heavy atom. The quantitative estimate of drug-likeness (QED) is 0.613. The number of carbonyl (C=O) groups excluding carboxylic acids is 3. The zero-order valence-corrected chi connectivity index (χ0v) is 16.5. The lowest BCUT2D eigenvalue weighted by atomic mass is 10.1. The minimum Gasteiger partial charge on any atom is -0.316 e. The third-order valence-corrected chi connectivity index (χ3v) is 5.33. The first-order chi connectivity index (χ1) is 14.6. The summed E-state index contributed by atoms with van der Waals surface area (Å²) < 4.78 is 0. The van der Waals surface area contributed by atoms with Gasteiger partial charge in [0, 0.05) is 29.8 Å². The Labute approximate surface area is 175 Å². The minimum absolute atomic E-state index is 0.0567. The number of carbonyl (C=O) groups is 3. The zero-order valence-electron chi connectivity index (χ0n) is 16.5. The molecule has 0 atom stereocenters. The largest absolute Gasteiger partial charge is 0.316 e. The van der Waals surface area contributed by atoms with Crippen molar-refractivity contribution in [3.8, 4) is 0 Å². The molecule has 5 heteroatoms. The van der Waals surface area contributed by atoms with Gasteiger partial charge in [0.2, 0.25) is 0 Å². The standard InChI is InChI=1S/C25H22N2O3/c28-22(19-10-4-1-5-11-19)18-23-26(24(29)20-12-6-2-7-13-20)16-17-27(23)25(30)21-14-8-3-9-15-21/h1-15,23H,16-18H2. The molecule has 30 heavy (non-hydrogen) atoms. The molecule has 0 bridgehead atoms. The first kappa shape index (κ1) is 19.6. The van der Waals surface area contributed by atoms with E-state index in [1.165, 1.54) is 0 Å². The van der Waals surface area contributed by atoms with Gasteiger partial charge in [-0.2, -0.15) is 0 Å². The van der Waals surface area contributed by atoms with Crippen LogP contribution in [0.25, 0.3) is 0 Å². The van der Waals surface area contributed by atoms with E-state index in [2.05, 4.69) is 0 Å². The van der Waals surface area contributed by atoms with Gasteiger partial charge in [-0.1, -0.05) is 66.7 Å². The van der Waals surface area contributed by atoms with Gasteiger partial charge in [0.25, 0.3) is 11.8 Å². The molecular weight excluding hydrogens is 376 g/mol. The van der Waals surface area contributed by atoms with E-state index in [1.54, 1.807) is 70.5 Å². The molecular formula is C25H22N2O3. The van der Waals surface area contributed by atoms with Crippen LogP contribution in [0.4, 0.5) is 0 Å². The van der Waals surface area contributed by atoms with Crippen LogP contribution in [-0.2, 0) is 0 Å². The monoisotopic (exact) mass is 398 g/mol. The molecule has 1 saturated heterocycles. The van der Waals surface area contributed by atoms with Gasteiger partial charge in [-0.25, -0.2) is 0 Å². The third-order valence-electron chi connectivity index (χ3n) is 5.33. The SMILES string of the molecule is O=C(CC1N(C(=O)c2ccccc2)CCN1C(=O)c1ccccc1)c1ccccc1. The second kappa shape index (κ2) is 8.74. The first-order valence-electron chi connectivity index (χ1n) is 9.95. The summed E-state index contributed by atoms with van der Waals surface area (Å²) in [7, 11) is 0. The molecule has 0 aromatic heterocycles. The Balaban J connectivity index is 1.64. The van der Waals surface area contributed by atoms with Gasteiger partial charge in [-0.3, -0.25) is 14.4 Å². The van der Waals surface area contributed by atoms with E-state index >= 15 is 0 Å². The summed E-state index contributed by atoms with van der Waals surface area (Å²) in [6.45, 7) is 0.776. The number of nitrogens with zero attached hydrogens (tertiary/aromatic N) is 2. The molecule has 1 aliphatic heterocycles. The Kier molecular flexibility index (Phi) is 5.70. The lowest BCUT2D eigenvalue weighted by Gasteiger charge is -2.30. The van der Waals surface area contributed by atoms with Crippen molar-refractivity contribution in [1.82, 2.24) is 9.80 Å². The molecule has 0 saturated carbocycles. The molecule has 2 amide bonds. The predicted octanol–water partition coefficient (Wildman–Crippen LogP) is 3.88. The van der Waals surface area contributed by atoms with Gasteiger partial charge < -0.3 is 9.80 Å². The zero-order chi connectivity index (χ0) is 20.9. The maximum absolute atomic E-state index is 13.2. The highest BCUT2D eigenvalue weighted by Gasteiger charge is 2.39. The molecule has 1 aliphatic rings. The second-order valence-corrected chi connectivity index (χ2v) is 7.20. The number of hydrogen-bond acceptors (Lipinski definition) is 3. The number of Topliss-reactive ketones (excluding diaryl/α,β-unsaturated/α-hetero) is 1. The highest BCUT2D eigenvalue weighted by Crippen LogP contribution is 2.24. The summed E-state index contributed by atoms with van der Waals surface area (Å²) in [6, 6.07) is 26.9. The molecule has 3 aromatic rings. The summed E-state index contributed by atoms with van der Waals surface area (Å²) in [5.41, 5.74) is 1.66. The van der Waals surface area contributed by atoms with Crippen molar-refractivity contribution in [1.29, 1.82) is 0 Å². The summed E-state index contributed by atoms with van der Waals surface area (Å²) in [5.74, 6) is -0.450. The van der Waals surface area contributed by atoms with E-state index in [0.29, 0.717) is 29.8 Å². The molecule has 5 nitrogen and oxygen atoms in total. The highest BCUT2D eigenvalue weighted by atomic mass is 16.2. The molecule has 150 valence electrons. The Morgan fingerprint density at radius 3 is 1.37 bits per heavy atom. The summed E-state index contributed by atoms with van der Waals surface area (Å²) in [4.78, 5) is 42.5. The van der Waals surface area contributed by atoms with E-state index in [9.17, 15) is 14.4 Å². The molecule has 0 radical (unpaired) electrons. The fourth-order valence-corrected chi connectivity index (χ4v) is 3.78. The molecule has 3 aromatic carbocycles. The number of hydrogen-bond donors (Lipinski definition) is 0. The van der Waals surface area contributed by atoms with Gasteiger partial charge in [-0.05, 0) is 24.3 Å². The Hall–Kier alpha value is -3.73. The third kappa shape index (κ3) is 4.01. The highest BCUT2D eigenvalue weighted by molar-refractivity contribution is 6.00. The average molecular weight is 398 g/mol. The van der Waals surface area contributed by atoms with Gasteiger partial charge in [0.1, 0.15) is 6.17 Å². The maximum atomic E-state index is 13.2. The molecule has 0 N–H and O–H groups in total. The van der Waals surface area contributed by atoms with Crippen molar-refractivity contribution < 1.29 is 14.4 Å². The van der Waals surface area contributed by atoms with Crippen LogP contribution in [0.1, 0.15) is 37.5 Å². The van der Waals surface area contributed by atoms with Crippen LogP contribution >= 0.6 is 0 Å². The van der Waals surface area contributed by atoms with E-state index in [-0.39, 0.29) is 24.0 Å². The topological polar surface area (TPSA) is 57.7 Å². The van der Waals surface area contributed by atoms with Crippen molar-refractivity contribution in [3.05, 3.63) is 108 Å². The van der Waals surface area contributed by atoms with Crippen molar-refractivity contribution in [2.75, 3.05) is 13.1 Å². The van der Waals surface area contributed by atoms with Crippen LogP contribution in [0, 0.1) is 0 Å². The molecule has 4 rings (SSSR count). The van der Waals surface area contributed by atoms with Crippen molar-refractivity contribution in [2.24, 2.45) is 0 Å². The van der Waals surface area contributed by atoms with E-state index in [1.807, 2.05) is 30.3 Å². The molecule has 0 spiro atoms. The summed E-state index contributed by atoms with van der Waals surface area (Å²) in [5, 5.41) is 0. The lowest BCUT2D eigenvalue weighted by molar-refractivity contribution is 0.0521. The summed E-state index contributed by atoms with van der Waals surface area (Å²) >= 11 is 0. The predicted molar refractivity (Wildman–Crippen MR) is 114 cm³/mol. The molecule has 1 heterocycles. The van der Waals surface area contributed by atoms with E-state index in [0.717, 1.165) is 0 Å². The molecule has 1 fully saturated rings. The number of rotatable bonds is 5. The van der Waals surface area contributed by atoms with Gasteiger partial charge in [0.05, 0.1) is 6.42 Å². The minimum atomic E-state index is -0.627. The van der Waals surface area contributed by atoms with E-state index in [4.69, 9.17) is 0 Å². The lowest BCUT2D eigenvalue weighted by Crippen LogP contribution is -2.45. The van der Waals surface area contributed by atoms with Gasteiger partial charge >= 0.3 is 0 Å². The maximum Gasteiger partial charge on any atom is 0.255 e.